The van der Waals surface area contributed by atoms with E-state index in [0.29, 0.717) is 14.3 Å². The molecule has 2 amide bonds. The van der Waals surface area contributed by atoms with Crippen molar-refractivity contribution < 1.29 is 9.59 Å². The minimum Gasteiger partial charge on any atom is -0.351 e. The molecule has 0 radical (unpaired) electrons. The zero-order valence-electron chi connectivity index (χ0n) is 12.2. The normalized spacial score (nSPS) is 10.5. The van der Waals surface area contributed by atoms with Crippen molar-refractivity contribution in [2.24, 2.45) is 0 Å². The fourth-order valence-corrected chi connectivity index (χ4v) is 4.31. The summed E-state index contributed by atoms with van der Waals surface area (Å²) in [7, 11) is 0. The van der Waals surface area contributed by atoms with Crippen molar-refractivity contribution in [2.45, 2.75) is 6.42 Å². The molecule has 0 saturated carbocycles. The van der Waals surface area contributed by atoms with E-state index in [4.69, 9.17) is 11.6 Å². The van der Waals surface area contributed by atoms with E-state index in [1.165, 1.54) is 34.0 Å². The molecule has 0 atom stereocenters. The molecule has 3 aromatic heterocycles. The average Bonchev–Trinajstić information content (AvgIpc) is 3.27. The van der Waals surface area contributed by atoms with Crippen LogP contribution in [-0.4, -0.2) is 23.3 Å². The molecule has 0 saturated heterocycles. The summed E-state index contributed by atoms with van der Waals surface area (Å²) >= 11 is 10.1. The summed E-state index contributed by atoms with van der Waals surface area (Å²) in [5, 5.41) is 9.69. The van der Waals surface area contributed by atoms with Gasteiger partial charge in [-0.15, -0.1) is 34.0 Å². The summed E-state index contributed by atoms with van der Waals surface area (Å²) < 4.78 is 0.699. The van der Waals surface area contributed by atoms with Crippen LogP contribution in [0.3, 0.4) is 0 Å². The first-order valence-corrected chi connectivity index (χ1v) is 9.90. The van der Waals surface area contributed by atoms with Crippen molar-refractivity contribution in [1.82, 2.24) is 10.3 Å². The van der Waals surface area contributed by atoms with Crippen LogP contribution in [0.5, 0.6) is 0 Å². The van der Waals surface area contributed by atoms with Crippen molar-refractivity contribution in [2.75, 3.05) is 11.9 Å². The Kier molecular flexibility index (Phi) is 5.62. The van der Waals surface area contributed by atoms with Crippen LogP contribution in [0.25, 0.3) is 10.6 Å². The van der Waals surface area contributed by atoms with Crippen LogP contribution < -0.4 is 10.6 Å². The van der Waals surface area contributed by atoms with Crippen LogP contribution in [0, 0.1) is 0 Å². The maximum Gasteiger partial charge on any atom is 0.261 e. The van der Waals surface area contributed by atoms with Gasteiger partial charge in [0.25, 0.3) is 5.91 Å². The van der Waals surface area contributed by atoms with E-state index in [2.05, 4.69) is 15.6 Å². The number of amides is 2. The topological polar surface area (TPSA) is 71.1 Å². The lowest BCUT2D eigenvalue weighted by Crippen LogP contribution is -2.27. The van der Waals surface area contributed by atoms with Gasteiger partial charge in [-0.3, -0.25) is 9.59 Å². The highest BCUT2D eigenvalue weighted by molar-refractivity contribution is 7.20. The summed E-state index contributed by atoms with van der Waals surface area (Å²) in [6.07, 6.45) is 0.191. The number of carbonyl (C=O) groups is 2. The Hall–Kier alpha value is -1.74. The van der Waals surface area contributed by atoms with E-state index >= 15 is 0 Å². The number of anilines is 1. The Morgan fingerprint density at radius 1 is 1.21 bits per heavy atom. The Morgan fingerprint density at radius 2 is 2.08 bits per heavy atom. The molecular formula is C15H12ClN3O2S3. The smallest absolute Gasteiger partial charge is 0.261 e. The predicted molar refractivity (Wildman–Crippen MR) is 100 cm³/mol. The fraction of sp³-hybridized carbons (Fsp3) is 0.133. The zero-order chi connectivity index (χ0) is 16.9. The summed E-state index contributed by atoms with van der Waals surface area (Å²) in [6.45, 7) is 0.279. The van der Waals surface area contributed by atoms with E-state index in [1.54, 1.807) is 6.07 Å². The first kappa shape index (κ1) is 17.1. The molecule has 3 heterocycles. The molecule has 24 heavy (non-hydrogen) atoms. The van der Waals surface area contributed by atoms with Gasteiger partial charge in [-0.05, 0) is 23.6 Å². The van der Waals surface area contributed by atoms with Gasteiger partial charge in [0.15, 0.2) is 5.13 Å². The molecular weight excluding hydrogens is 386 g/mol. The third-order valence-corrected chi connectivity index (χ3v) is 5.84. The Labute approximate surface area is 155 Å². The monoisotopic (exact) mass is 397 g/mol. The van der Waals surface area contributed by atoms with Gasteiger partial charge in [-0.2, -0.15) is 0 Å². The lowest BCUT2D eigenvalue weighted by Gasteiger charge is -2.03. The summed E-state index contributed by atoms with van der Waals surface area (Å²) in [6, 6.07) is 7.27. The lowest BCUT2D eigenvalue weighted by atomic mass is 10.3. The highest BCUT2D eigenvalue weighted by atomic mass is 35.5. The van der Waals surface area contributed by atoms with Gasteiger partial charge in [0.1, 0.15) is 0 Å². The van der Waals surface area contributed by atoms with E-state index in [1.807, 2.05) is 29.0 Å². The molecule has 0 aliphatic rings. The molecule has 3 aromatic rings. The van der Waals surface area contributed by atoms with Gasteiger partial charge in [0.2, 0.25) is 5.91 Å². The molecule has 0 spiro atoms. The Balaban J connectivity index is 1.47. The lowest BCUT2D eigenvalue weighted by molar-refractivity contribution is -0.116. The zero-order valence-corrected chi connectivity index (χ0v) is 15.5. The second-order valence-corrected chi connectivity index (χ2v) is 8.19. The number of aromatic nitrogens is 1. The van der Waals surface area contributed by atoms with Gasteiger partial charge >= 0.3 is 0 Å². The Morgan fingerprint density at radius 3 is 2.79 bits per heavy atom. The first-order chi connectivity index (χ1) is 11.6. The molecule has 5 nitrogen and oxygen atoms in total. The summed E-state index contributed by atoms with van der Waals surface area (Å²) in [4.78, 5) is 29.6. The highest BCUT2D eigenvalue weighted by Crippen LogP contribution is 2.32. The van der Waals surface area contributed by atoms with E-state index in [9.17, 15) is 9.59 Å². The molecule has 0 fully saturated rings. The van der Waals surface area contributed by atoms with E-state index in [0.717, 1.165) is 10.6 Å². The van der Waals surface area contributed by atoms with Crippen LogP contribution in [0.4, 0.5) is 5.13 Å². The second-order valence-electron chi connectivity index (χ2n) is 4.67. The fourth-order valence-electron chi connectivity index (χ4n) is 1.86. The molecule has 0 unspecified atom stereocenters. The van der Waals surface area contributed by atoms with Crippen molar-refractivity contribution in [3.8, 4) is 10.6 Å². The summed E-state index contributed by atoms with van der Waals surface area (Å²) in [5.41, 5.74) is 0.790. The third kappa shape index (κ3) is 4.41. The standard InChI is InChI=1S/C15H12ClN3O2S3/c16-12-4-3-10(24-12)9-8-23-15(18-9)19-13(20)5-6-17-14(21)11-2-1-7-22-11/h1-4,7-8H,5-6H2,(H,17,21)(H,18,19,20). The van der Waals surface area contributed by atoms with Gasteiger partial charge in [0, 0.05) is 18.3 Å². The molecule has 3 rings (SSSR count). The van der Waals surface area contributed by atoms with Crippen molar-refractivity contribution in [1.29, 1.82) is 0 Å². The number of thiophene rings is 2. The molecule has 9 heteroatoms. The number of hydrogen-bond donors (Lipinski definition) is 2. The number of halogens is 1. The van der Waals surface area contributed by atoms with Crippen LogP contribution in [0.2, 0.25) is 4.34 Å². The largest absolute Gasteiger partial charge is 0.351 e. The maximum atomic E-state index is 11.9. The first-order valence-electron chi connectivity index (χ1n) is 6.94. The van der Waals surface area contributed by atoms with Crippen LogP contribution in [0.1, 0.15) is 16.1 Å². The van der Waals surface area contributed by atoms with Gasteiger partial charge in [-0.25, -0.2) is 4.98 Å². The molecule has 0 aliphatic heterocycles. The molecule has 0 aliphatic carbocycles. The number of nitrogens with zero attached hydrogens (tertiary/aromatic N) is 1. The van der Waals surface area contributed by atoms with Crippen LogP contribution in [0.15, 0.2) is 35.0 Å². The van der Waals surface area contributed by atoms with Crippen molar-refractivity contribution >= 4 is 62.6 Å². The second kappa shape index (κ2) is 7.89. The van der Waals surface area contributed by atoms with Gasteiger partial charge in [-0.1, -0.05) is 17.7 Å². The maximum absolute atomic E-state index is 11.9. The number of rotatable bonds is 6. The molecule has 0 bridgehead atoms. The van der Waals surface area contributed by atoms with Crippen molar-refractivity contribution in [3.63, 3.8) is 0 Å². The molecule has 0 aromatic carbocycles. The third-order valence-electron chi connectivity index (χ3n) is 2.96. The number of nitrogens with one attached hydrogen (secondary N) is 2. The van der Waals surface area contributed by atoms with E-state index < -0.39 is 0 Å². The predicted octanol–water partition coefficient (Wildman–Crippen LogP) is 4.35. The average molecular weight is 398 g/mol. The number of hydrogen-bond acceptors (Lipinski definition) is 6. The quantitative estimate of drug-likeness (QED) is 0.649. The van der Waals surface area contributed by atoms with Gasteiger partial charge in [0.05, 0.1) is 19.8 Å². The van der Waals surface area contributed by atoms with Crippen LogP contribution >= 0.6 is 45.6 Å². The minimum atomic E-state index is -0.188. The number of carbonyl (C=O) groups excluding carboxylic acids is 2. The highest BCUT2D eigenvalue weighted by Gasteiger charge is 2.11. The minimum absolute atomic E-state index is 0.163. The SMILES string of the molecule is O=C(CCNC(=O)c1cccs1)Nc1nc(-c2ccc(Cl)s2)cs1. The van der Waals surface area contributed by atoms with Crippen LogP contribution in [-0.2, 0) is 4.79 Å². The molecule has 124 valence electrons. The summed E-state index contributed by atoms with van der Waals surface area (Å²) in [5.74, 6) is -0.351. The number of thiazole rings is 1. The molecule has 2 N–H and O–H groups in total. The van der Waals surface area contributed by atoms with Gasteiger partial charge < -0.3 is 10.6 Å². The van der Waals surface area contributed by atoms with E-state index in [-0.39, 0.29) is 24.8 Å². The Bertz CT molecular complexity index is 842. The van der Waals surface area contributed by atoms with Crippen molar-refractivity contribution in [3.05, 3.63) is 44.2 Å².